The molecule has 0 bridgehead atoms. The molecule has 94 valence electrons. The molecule has 1 aromatic heterocycles. The van der Waals surface area contributed by atoms with Crippen LogP contribution in [0.5, 0.6) is 0 Å². The van der Waals surface area contributed by atoms with Gasteiger partial charge in [0.2, 0.25) is 0 Å². The van der Waals surface area contributed by atoms with Gasteiger partial charge in [0, 0.05) is 43.3 Å². The summed E-state index contributed by atoms with van der Waals surface area (Å²) in [5.74, 6) is 0. The number of hydrogen-bond acceptors (Lipinski definition) is 2. The van der Waals surface area contributed by atoms with Crippen LogP contribution in [0.4, 0.5) is 0 Å². The number of piperazine rings is 1. The van der Waals surface area contributed by atoms with Crippen molar-refractivity contribution in [2.75, 3.05) is 26.2 Å². The Kier molecular flexibility index (Phi) is 3.17. The van der Waals surface area contributed by atoms with E-state index in [0.717, 1.165) is 26.2 Å². The predicted octanol–water partition coefficient (Wildman–Crippen LogP) is 2.30. The minimum atomic E-state index is 0.309. The van der Waals surface area contributed by atoms with Crippen molar-refractivity contribution in [2.45, 2.75) is 6.04 Å². The molecule has 3 rings (SSSR count). The lowest BCUT2D eigenvalue weighted by atomic mass is 10.0. The first-order chi connectivity index (χ1) is 8.90. The molecule has 1 aliphatic heterocycles. The van der Waals surface area contributed by atoms with Crippen molar-refractivity contribution >= 4 is 10.9 Å². The van der Waals surface area contributed by atoms with Crippen LogP contribution in [-0.4, -0.2) is 36.1 Å². The zero-order valence-corrected chi connectivity index (χ0v) is 10.5. The number of hydrogen-bond donors (Lipinski definition) is 2. The topological polar surface area (TPSA) is 31.1 Å². The highest BCUT2D eigenvalue weighted by Gasteiger charge is 2.21. The van der Waals surface area contributed by atoms with Crippen molar-refractivity contribution in [1.29, 1.82) is 0 Å². The van der Waals surface area contributed by atoms with E-state index in [-0.39, 0.29) is 0 Å². The molecule has 1 aliphatic rings. The zero-order chi connectivity index (χ0) is 12.4. The van der Waals surface area contributed by atoms with E-state index in [9.17, 15) is 0 Å². The normalized spacial score (nSPS) is 18.9. The van der Waals surface area contributed by atoms with E-state index in [1.165, 1.54) is 16.5 Å². The third kappa shape index (κ3) is 1.96. The van der Waals surface area contributed by atoms with Crippen LogP contribution in [0.2, 0.25) is 0 Å². The molecule has 1 saturated heterocycles. The van der Waals surface area contributed by atoms with Crippen LogP contribution in [0.25, 0.3) is 10.9 Å². The van der Waals surface area contributed by atoms with Crippen LogP contribution in [0.1, 0.15) is 11.6 Å². The number of rotatable bonds is 3. The van der Waals surface area contributed by atoms with Gasteiger partial charge in [0.25, 0.3) is 0 Å². The summed E-state index contributed by atoms with van der Waals surface area (Å²) >= 11 is 0. The van der Waals surface area contributed by atoms with Gasteiger partial charge in [-0.05, 0) is 11.6 Å². The van der Waals surface area contributed by atoms with Crippen LogP contribution in [0, 0.1) is 0 Å². The Labute approximate surface area is 107 Å². The van der Waals surface area contributed by atoms with Gasteiger partial charge in [-0.15, -0.1) is 6.58 Å². The Morgan fingerprint density at radius 1 is 1.22 bits per heavy atom. The van der Waals surface area contributed by atoms with Gasteiger partial charge in [0.05, 0.1) is 6.04 Å². The molecule has 1 atom stereocenters. The minimum Gasteiger partial charge on any atom is -0.361 e. The molecule has 3 heteroatoms. The summed E-state index contributed by atoms with van der Waals surface area (Å²) in [6.07, 6.45) is 4.18. The summed E-state index contributed by atoms with van der Waals surface area (Å²) in [5, 5.41) is 4.70. The van der Waals surface area contributed by atoms with Crippen molar-refractivity contribution in [3.05, 3.63) is 48.7 Å². The quantitative estimate of drug-likeness (QED) is 0.808. The molecule has 0 amide bonds. The van der Waals surface area contributed by atoms with E-state index in [4.69, 9.17) is 0 Å². The van der Waals surface area contributed by atoms with Gasteiger partial charge in [-0.2, -0.15) is 0 Å². The summed E-state index contributed by atoms with van der Waals surface area (Å²) < 4.78 is 0. The minimum absolute atomic E-state index is 0.309. The molecular weight excluding hydrogens is 222 g/mol. The first-order valence-electron chi connectivity index (χ1n) is 6.53. The standard InChI is InChI=1S/C15H19N3/c1-2-15(18-9-7-16-8-10-18)13-11-17-14-6-4-3-5-12(13)14/h2-6,11,15-17H,1,7-10H2/t15-/m1/s1. The number of aromatic amines is 1. The predicted molar refractivity (Wildman–Crippen MR) is 75.7 cm³/mol. The molecule has 0 radical (unpaired) electrons. The van der Waals surface area contributed by atoms with E-state index < -0.39 is 0 Å². The molecule has 0 unspecified atom stereocenters. The Morgan fingerprint density at radius 2 is 2.00 bits per heavy atom. The van der Waals surface area contributed by atoms with E-state index in [2.05, 4.69) is 58.3 Å². The molecule has 2 aromatic rings. The lowest BCUT2D eigenvalue weighted by Gasteiger charge is -2.33. The van der Waals surface area contributed by atoms with E-state index in [1.54, 1.807) is 0 Å². The number of nitrogens with one attached hydrogen (secondary N) is 2. The summed E-state index contributed by atoms with van der Waals surface area (Å²) in [4.78, 5) is 5.84. The van der Waals surface area contributed by atoms with Crippen molar-refractivity contribution in [3.63, 3.8) is 0 Å². The number of H-pyrrole nitrogens is 1. The lowest BCUT2D eigenvalue weighted by Crippen LogP contribution is -2.44. The SMILES string of the molecule is C=C[C@H](c1c[nH]c2ccccc12)N1CCNCC1. The maximum absolute atomic E-state index is 4.02. The van der Waals surface area contributed by atoms with Gasteiger partial charge in [-0.1, -0.05) is 24.3 Å². The molecule has 2 heterocycles. The molecule has 0 spiro atoms. The average Bonchev–Trinajstić information content (AvgIpc) is 2.85. The van der Waals surface area contributed by atoms with Gasteiger partial charge >= 0.3 is 0 Å². The van der Waals surface area contributed by atoms with Crippen molar-refractivity contribution in [2.24, 2.45) is 0 Å². The van der Waals surface area contributed by atoms with Gasteiger partial charge in [-0.25, -0.2) is 0 Å². The molecular formula is C15H19N3. The number of para-hydroxylation sites is 1. The van der Waals surface area contributed by atoms with E-state index >= 15 is 0 Å². The highest BCUT2D eigenvalue weighted by Crippen LogP contribution is 2.29. The molecule has 2 N–H and O–H groups in total. The van der Waals surface area contributed by atoms with Crippen LogP contribution >= 0.6 is 0 Å². The number of aromatic nitrogens is 1. The van der Waals surface area contributed by atoms with Crippen LogP contribution in [0.15, 0.2) is 43.1 Å². The summed E-state index contributed by atoms with van der Waals surface area (Å²) in [6, 6.07) is 8.77. The fraction of sp³-hybridized carbons (Fsp3) is 0.333. The van der Waals surface area contributed by atoms with E-state index in [0.29, 0.717) is 6.04 Å². The van der Waals surface area contributed by atoms with Crippen LogP contribution < -0.4 is 5.32 Å². The third-order valence-electron chi connectivity index (χ3n) is 3.71. The smallest absolute Gasteiger partial charge is 0.0551 e. The number of nitrogens with zero attached hydrogens (tertiary/aromatic N) is 1. The summed E-state index contributed by atoms with van der Waals surface area (Å²) in [7, 11) is 0. The highest BCUT2D eigenvalue weighted by atomic mass is 15.2. The lowest BCUT2D eigenvalue weighted by molar-refractivity contribution is 0.204. The first kappa shape index (κ1) is 11.5. The van der Waals surface area contributed by atoms with Crippen LogP contribution in [0.3, 0.4) is 0 Å². The molecule has 0 aliphatic carbocycles. The molecule has 1 fully saturated rings. The summed E-state index contributed by atoms with van der Waals surface area (Å²) in [5.41, 5.74) is 2.54. The number of fused-ring (bicyclic) bond motifs is 1. The van der Waals surface area contributed by atoms with Crippen molar-refractivity contribution in [1.82, 2.24) is 15.2 Å². The van der Waals surface area contributed by atoms with Crippen molar-refractivity contribution in [3.8, 4) is 0 Å². The third-order valence-corrected chi connectivity index (χ3v) is 3.71. The maximum Gasteiger partial charge on any atom is 0.0551 e. The largest absolute Gasteiger partial charge is 0.361 e. The van der Waals surface area contributed by atoms with Crippen LogP contribution in [-0.2, 0) is 0 Å². The van der Waals surface area contributed by atoms with E-state index in [1.807, 2.05) is 0 Å². The Hall–Kier alpha value is -1.58. The molecule has 3 nitrogen and oxygen atoms in total. The summed E-state index contributed by atoms with van der Waals surface area (Å²) in [6.45, 7) is 8.31. The molecule has 1 aromatic carbocycles. The second-order valence-corrected chi connectivity index (χ2v) is 4.76. The Bertz CT molecular complexity index is 537. The fourth-order valence-corrected chi connectivity index (χ4v) is 2.77. The highest BCUT2D eigenvalue weighted by molar-refractivity contribution is 5.83. The molecule has 18 heavy (non-hydrogen) atoms. The number of benzene rings is 1. The maximum atomic E-state index is 4.02. The Morgan fingerprint density at radius 3 is 2.78 bits per heavy atom. The molecule has 0 saturated carbocycles. The van der Waals surface area contributed by atoms with Gasteiger partial charge in [-0.3, -0.25) is 4.90 Å². The van der Waals surface area contributed by atoms with Gasteiger partial charge in [0.1, 0.15) is 0 Å². The monoisotopic (exact) mass is 241 g/mol. The second kappa shape index (κ2) is 4.96. The zero-order valence-electron chi connectivity index (χ0n) is 10.5. The fourth-order valence-electron chi connectivity index (χ4n) is 2.77. The second-order valence-electron chi connectivity index (χ2n) is 4.76. The van der Waals surface area contributed by atoms with Crippen molar-refractivity contribution < 1.29 is 0 Å². The Balaban J connectivity index is 1.97. The van der Waals surface area contributed by atoms with Gasteiger partial charge < -0.3 is 10.3 Å². The van der Waals surface area contributed by atoms with Gasteiger partial charge in [0.15, 0.2) is 0 Å². The average molecular weight is 241 g/mol. The first-order valence-corrected chi connectivity index (χ1v) is 6.53.